The van der Waals surface area contributed by atoms with Gasteiger partial charge in [0.15, 0.2) is 6.29 Å². The fourth-order valence-electron chi connectivity index (χ4n) is 2.77. The zero-order valence-electron chi connectivity index (χ0n) is 17.7. The van der Waals surface area contributed by atoms with Crippen molar-refractivity contribution in [3.8, 4) is 0 Å². The SMILES string of the molecule is CN1CCCc2ccccc21.Cc1ccc(C=O)s1.Cc1ccc(Cl)cc1.NC=O. The molecule has 1 aliphatic heterocycles. The van der Waals surface area contributed by atoms with Crippen LogP contribution in [0.25, 0.3) is 0 Å². The van der Waals surface area contributed by atoms with Crippen molar-refractivity contribution in [2.24, 2.45) is 5.73 Å². The summed E-state index contributed by atoms with van der Waals surface area (Å²) >= 11 is 7.13. The Balaban J connectivity index is 0.000000215. The van der Waals surface area contributed by atoms with Crippen LogP contribution in [0.5, 0.6) is 0 Å². The number of hydrogen-bond donors (Lipinski definition) is 1. The number of fused-ring (bicyclic) bond motifs is 1. The standard InChI is InChI=1S/C10H13N.C7H7Cl.C6H6OS.CH3NO/c1-11-8-4-6-9-5-2-3-7-10(9)11;1-6-2-4-7(8)5-3-6;1-5-2-3-6(4-7)8-5;2-1-3/h2-3,5,7H,4,6,8H2,1H3;2-5H,1H3;2-4H,1H3;1H,(H2,2,3). The molecule has 0 unspecified atom stereocenters. The lowest BCUT2D eigenvalue weighted by Crippen LogP contribution is -2.24. The number of nitrogens with two attached hydrogens (primary N) is 1. The number of aldehydes is 1. The second-order valence-corrected chi connectivity index (χ2v) is 8.41. The molecule has 0 fully saturated rings. The number of primary amides is 1. The van der Waals surface area contributed by atoms with E-state index in [-0.39, 0.29) is 6.41 Å². The van der Waals surface area contributed by atoms with Gasteiger partial charge >= 0.3 is 0 Å². The van der Waals surface area contributed by atoms with E-state index in [1.807, 2.05) is 50.2 Å². The van der Waals surface area contributed by atoms with E-state index in [9.17, 15) is 4.79 Å². The first-order chi connectivity index (χ1) is 14.4. The second-order valence-electron chi connectivity index (χ2n) is 6.65. The Hall–Kier alpha value is -2.63. The van der Waals surface area contributed by atoms with E-state index in [1.54, 1.807) is 0 Å². The first-order valence-electron chi connectivity index (χ1n) is 9.59. The zero-order valence-corrected chi connectivity index (χ0v) is 19.2. The second kappa shape index (κ2) is 14.4. The average molecular weight is 445 g/mol. The highest BCUT2D eigenvalue weighted by Crippen LogP contribution is 2.24. The molecule has 0 bridgehead atoms. The van der Waals surface area contributed by atoms with Gasteiger partial charge in [-0.25, -0.2) is 0 Å². The van der Waals surface area contributed by atoms with E-state index in [2.05, 4.69) is 41.9 Å². The van der Waals surface area contributed by atoms with Gasteiger partial charge in [0.2, 0.25) is 6.41 Å². The fourth-order valence-corrected chi connectivity index (χ4v) is 3.59. The number of thiophene rings is 1. The Morgan fingerprint density at radius 3 is 2.10 bits per heavy atom. The third-order valence-corrected chi connectivity index (χ3v) is 5.41. The number of hydrogen-bond acceptors (Lipinski definition) is 4. The lowest BCUT2D eigenvalue weighted by Gasteiger charge is -2.26. The average Bonchev–Trinajstić information content (AvgIpc) is 3.18. The summed E-state index contributed by atoms with van der Waals surface area (Å²) < 4.78 is 0. The predicted octanol–water partition coefficient (Wildman–Crippen LogP) is 5.69. The third kappa shape index (κ3) is 9.72. The zero-order chi connectivity index (χ0) is 22.4. The molecule has 2 N–H and O–H groups in total. The molecule has 1 aromatic heterocycles. The molecule has 1 amide bonds. The number of anilines is 1. The van der Waals surface area contributed by atoms with Gasteiger partial charge in [-0.2, -0.15) is 0 Å². The van der Waals surface area contributed by atoms with Gasteiger partial charge in [0.25, 0.3) is 0 Å². The largest absolute Gasteiger partial charge is 0.374 e. The van der Waals surface area contributed by atoms with Crippen LogP contribution in [0.1, 0.15) is 32.1 Å². The van der Waals surface area contributed by atoms with Crippen LogP contribution in [-0.4, -0.2) is 26.3 Å². The number of aryl methyl sites for hydroxylation is 3. The highest BCUT2D eigenvalue weighted by Gasteiger charge is 2.11. The van der Waals surface area contributed by atoms with Gasteiger partial charge in [-0.15, -0.1) is 11.3 Å². The Bertz CT molecular complexity index is 873. The van der Waals surface area contributed by atoms with E-state index < -0.39 is 0 Å². The minimum Gasteiger partial charge on any atom is -0.374 e. The molecule has 4 nitrogen and oxygen atoms in total. The van der Waals surface area contributed by atoms with Crippen LogP contribution < -0.4 is 10.6 Å². The Kier molecular flexibility index (Phi) is 12.2. The normalized spacial score (nSPS) is 11.3. The van der Waals surface area contributed by atoms with Crippen molar-refractivity contribution in [1.29, 1.82) is 0 Å². The number of rotatable bonds is 1. The van der Waals surface area contributed by atoms with Gasteiger partial charge in [-0.3, -0.25) is 9.59 Å². The Labute approximate surface area is 188 Å². The summed E-state index contributed by atoms with van der Waals surface area (Å²) in [5.74, 6) is 0. The summed E-state index contributed by atoms with van der Waals surface area (Å²) in [5.41, 5.74) is 8.33. The summed E-state index contributed by atoms with van der Waals surface area (Å²) in [7, 11) is 2.16. The molecule has 0 saturated heterocycles. The predicted molar refractivity (Wildman–Crippen MR) is 129 cm³/mol. The molecule has 2 heterocycles. The molecule has 0 saturated carbocycles. The highest BCUT2D eigenvalue weighted by molar-refractivity contribution is 7.13. The molecule has 2 aromatic carbocycles. The molecule has 0 radical (unpaired) electrons. The molecule has 0 aliphatic carbocycles. The van der Waals surface area contributed by atoms with Crippen molar-refractivity contribution in [2.75, 3.05) is 18.5 Å². The molecule has 3 aromatic rings. The molecular weight excluding hydrogens is 416 g/mol. The maximum absolute atomic E-state index is 10.0. The van der Waals surface area contributed by atoms with Crippen molar-refractivity contribution in [2.45, 2.75) is 26.7 Å². The number of amides is 1. The van der Waals surface area contributed by atoms with E-state index in [4.69, 9.17) is 16.4 Å². The summed E-state index contributed by atoms with van der Waals surface area (Å²) in [4.78, 5) is 22.9. The molecule has 1 aliphatic rings. The minimum atomic E-state index is 0.250. The summed E-state index contributed by atoms with van der Waals surface area (Å²) in [6, 6.07) is 20.2. The van der Waals surface area contributed by atoms with E-state index in [1.165, 1.54) is 52.4 Å². The molecule has 6 heteroatoms. The van der Waals surface area contributed by atoms with Crippen LogP contribution in [0, 0.1) is 13.8 Å². The van der Waals surface area contributed by atoms with Crippen molar-refractivity contribution in [3.05, 3.63) is 86.6 Å². The van der Waals surface area contributed by atoms with E-state index in [0.717, 1.165) is 16.2 Å². The number of carbonyl (C=O) groups is 2. The molecule has 30 heavy (non-hydrogen) atoms. The molecule has 160 valence electrons. The van der Waals surface area contributed by atoms with Crippen molar-refractivity contribution >= 4 is 41.3 Å². The van der Waals surface area contributed by atoms with Crippen molar-refractivity contribution in [1.82, 2.24) is 0 Å². The third-order valence-electron chi connectivity index (χ3n) is 4.23. The van der Waals surface area contributed by atoms with E-state index in [0.29, 0.717) is 0 Å². The van der Waals surface area contributed by atoms with E-state index >= 15 is 0 Å². The van der Waals surface area contributed by atoms with Gasteiger partial charge in [0.1, 0.15) is 0 Å². The lowest BCUT2D eigenvalue weighted by molar-refractivity contribution is -0.106. The molecule has 4 rings (SSSR count). The number of nitrogens with zero attached hydrogens (tertiary/aromatic N) is 1. The quantitative estimate of drug-likeness (QED) is 0.490. The molecular formula is C24H29ClN2O2S. The maximum Gasteiger partial charge on any atom is 0.204 e. The number of benzene rings is 2. The smallest absolute Gasteiger partial charge is 0.204 e. The van der Waals surface area contributed by atoms with Crippen LogP contribution in [0.4, 0.5) is 5.69 Å². The Morgan fingerprint density at radius 1 is 1.00 bits per heavy atom. The first-order valence-corrected chi connectivity index (χ1v) is 10.8. The highest BCUT2D eigenvalue weighted by atomic mass is 35.5. The minimum absolute atomic E-state index is 0.250. The maximum atomic E-state index is 10.0. The van der Waals surface area contributed by atoms with Crippen LogP contribution in [0.15, 0.2) is 60.7 Å². The van der Waals surface area contributed by atoms with Crippen LogP contribution in [0.3, 0.4) is 0 Å². The van der Waals surface area contributed by atoms with Gasteiger partial charge in [0, 0.05) is 29.2 Å². The molecule has 0 spiro atoms. The summed E-state index contributed by atoms with van der Waals surface area (Å²) in [6.07, 6.45) is 3.67. The fraction of sp³-hybridized carbons (Fsp3) is 0.250. The van der Waals surface area contributed by atoms with Crippen LogP contribution in [-0.2, 0) is 11.2 Å². The van der Waals surface area contributed by atoms with Gasteiger partial charge in [-0.1, -0.05) is 47.5 Å². The first kappa shape index (κ1) is 25.4. The monoisotopic (exact) mass is 444 g/mol. The molecule has 0 atom stereocenters. The number of para-hydroxylation sites is 1. The summed E-state index contributed by atoms with van der Waals surface area (Å²) in [5, 5.41) is 0.801. The summed E-state index contributed by atoms with van der Waals surface area (Å²) in [6.45, 7) is 5.23. The van der Waals surface area contributed by atoms with Crippen molar-refractivity contribution in [3.63, 3.8) is 0 Å². The van der Waals surface area contributed by atoms with Crippen LogP contribution in [0.2, 0.25) is 5.02 Å². The number of carbonyl (C=O) groups excluding carboxylic acids is 2. The van der Waals surface area contributed by atoms with Gasteiger partial charge in [0.05, 0.1) is 4.88 Å². The van der Waals surface area contributed by atoms with Gasteiger partial charge in [-0.05, 0) is 62.6 Å². The lowest BCUT2D eigenvalue weighted by atomic mass is 10.0. The topological polar surface area (TPSA) is 63.4 Å². The van der Waals surface area contributed by atoms with Gasteiger partial charge < -0.3 is 10.6 Å². The number of halogens is 1. The van der Waals surface area contributed by atoms with Crippen molar-refractivity contribution < 1.29 is 9.59 Å². The Morgan fingerprint density at radius 2 is 1.63 bits per heavy atom. The van der Waals surface area contributed by atoms with Crippen LogP contribution >= 0.6 is 22.9 Å².